The molecule has 2 heteroatoms. The second-order valence-corrected chi connectivity index (χ2v) is 5.73. The minimum atomic E-state index is 0.263. The molecule has 1 rings (SSSR count). The van der Waals surface area contributed by atoms with Crippen molar-refractivity contribution >= 4 is 5.91 Å². The van der Waals surface area contributed by atoms with Crippen LogP contribution >= 0.6 is 0 Å². The van der Waals surface area contributed by atoms with E-state index < -0.39 is 0 Å². The summed E-state index contributed by atoms with van der Waals surface area (Å²) in [7, 11) is 0. The second kappa shape index (κ2) is 10.9. The Balaban J connectivity index is 1.88. The first kappa shape index (κ1) is 16.1. The molecule has 0 aromatic carbocycles. The smallest absolute Gasteiger partial charge is 0.220 e. The Kier molecular flexibility index (Phi) is 9.23. The molecule has 0 spiro atoms. The van der Waals surface area contributed by atoms with Gasteiger partial charge in [-0.05, 0) is 25.7 Å². The van der Waals surface area contributed by atoms with Crippen LogP contribution in [0.2, 0.25) is 0 Å². The molecule has 1 aliphatic rings. The maximum absolute atomic E-state index is 11.8. The summed E-state index contributed by atoms with van der Waals surface area (Å²) in [5, 5.41) is 3.18. The molecule has 108 valence electrons. The summed E-state index contributed by atoms with van der Waals surface area (Å²) < 4.78 is 0. The predicted molar refractivity (Wildman–Crippen MR) is 80.8 cm³/mol. The fourth-order valence-electron chi connectivity index (χ4n) is 2.77. The lowest BCUT2D eigenvalue weighted by Crippen LogP contribution is -2.35. The van der Waals surface area contributed by atoms with Crippen molar-refractivity contribution < 1.29 is 4.79 Å². The van der Waals surface area contributed by atoms with Crippen LogP contribution in [0.1, 0.15) is 83.5 Å². The normalized spacial score (nSPS) is 15.9. The van der Waals surface area contributed by atoms with E-state index in [-0.39, 0.29) is 5.91 Å². The fraction of sp³-hybridized carbons (Fsp3) is 0.824. The van der Waals surface area contributed by atoms with Gasteiger partial charge in [0.15, 0.2) is 0 Å². The van der Waals surface area contributed by atoms with E-state index >= 15 is 0 Å². The Morgan fingerprint density at radius 3 is 2.32 bits per heavy atom. The highest BCUT2D eigenvalue weighted by atomic mass is 16.1. The van der Waals surface area contributed by atoms with Gasteiger partial charge in [0.25, 0.3) is 0 Å². The molecule has 2 nitrogen and oxygen atoms in total. The van der Waals surface area contributed by atoms with Crippen LogP contribution in [0, 0.1) is 12.3 Å². The van der Waals surface area contributed by atoms with Gasteiger partial charge in [-0.25, -0.2) is 0 Å². The van der Waals surface area contributed by atoms with Crippen molar-refractivity contribution in [3.63, 3.8) is 0 Å². The molecular weight excluding hydrogens is 234 g/mol. The first-order chi connectivity index (χ1) is 9.33. The predicted octanol–water partition coefficient (Wildman–Crippen LogP) is 4.19. The van der Waals surface area contributed by atoms with Crippen LogP contribution in [-0.4, -0.2) is 11.9 Å². The van der Waals surface area contributed by atoms with Crippen molar-refractivity contribution in [2.75, 3.05) is 0 Å². The van der Waals surface area contributed by atoms with E-state index in [0.29, 0.717) is 12.5 Å². The third-order valence-electron chi connectivity index (χ3n) is 3.95. The van der Waals surface area contributed by atoms with Crippen molar-refractivity contribution in [2.45, 2.75) is 89.5 Å². The lowest BCUT2D eigenvalue weighted by Gasteiger charge is -2.22. The minimum absolute atomic E-state index is 0.263. The Morgan fingerprint density at radius 2 is 1.63 bits per heavy atom. The molecule has 0 saturated heterocycles. The highest BCUT2D eigenvalue weighted by Gasteiger charge is 2.14. The van der Waals surface area contributed by atoms with Crippen molar-refractivity contribution in [2.24, 2.45) is 0 Å². The lowest BCUT2D eigenvalue weighted by molar-refractivity contribution is -0.122. The summed E-state index contributed by atoms with van der Waals surface area (Å²) in [6.07, 6.45) is 20.2. The zero-order chi connectivity index (χ0) is 13.8. The van der Waals surface area contributed by atoms with E-state index in [1.54, 1.807) is 0 Å². The third kappa shape index (κ3) is 8.70. The summed E-state index contributed by atoms with van der Waals surface area (Å²) in [6, 6.07) is 0.463. The maximum atomic E-state index is 11.8. The summed E-state index contributed by atoms with van der Waals surface area (Å²) in [6.45, 7) is 0. The molecule has 0 aromatic heterocycles. The Labute approximate surface area is 118 Å². The van der Waals surface area contributed by atoms with E-state index in [2.05, 4.69) is 11.2 Å². The maximum Gasteiger partial charge on any atom is 0.220 e. The van der Waals surface area contributed by atoms with E-state index in [0.717, 1.165) is 19.3 Å². The Hall–Kier alpha value is -0.970. The van der Waals surface area contributed by atoms with E-state index in [1.807, 2.05) is 0 Å². The largest absolute Gasteiger partial charge is 0.353 e. The van der Waals surface area contributed by atoms with Gasteiger partial charge in [0.2, 0.25) is 5.91 Å². The lowest BCUT2D eigenvalue weighted by atomic mass is 9.95. The van der Waals surface area contributed by atoms with Gasteiger partial charge >= 0.3 is 0 Å². The van der Waals surface area contributed by atoms with Crippen LogP contribution in [0.3, 0.4) is 0 Å². The number of nitrogens with one attached hydrogen (secondary N) is 1. The molecule has 19 heavy (non-hydrogen) atoms. The van der Waals surface area contributed by atoms with Gasteiger partial charge < -0.3 is 5.32 Å². The van der Waals surface area contributed by atoms with Gasteiger partial charge in [0.1, 0.15) is 0 Å². The molecule has 1 fully saturated rings. The summed E-state index contributed by atoms with van der Waals surface area (Å²) >= 11 is 0. The van der Waals surface area contributed by atoms with Gasteiger partial charge in [0, 0.05) is 18.9 Å². The van der Waals surface area contributed by atoms with Crippen molar-refractivity contribution in [3.8, 4) is 12.3 Å². The summed E-state index contributed by atoms with van der Waals surface area (Å²) in [5.41, 5.74) is 0. The van der Waals surface area contributed by atoms with Crippen molar-refractivity contribution in [3.05, 3.63) is 0 Å². The molecule has 0 aliphatic heterocycles. The van der Waals surface area contributed by atoms with Crippen molar-refractivity contribution in [1.29, 1.82) is 0 Å². The minimum Gasteiger partial charge on any atom is -0.353 e. The molecular formula is C17H29NO. The molecule has 1 N–H and O–H groups in total. The van der Waals surface area contributed by atoms with Gasteiger partial charge in [-0.3, -0.25) is 4.79 Å². The zero-order valence-electron chi connectivity index (χ0n) is 12.3. The number of hydrogen-bond donors (Lipinski definition) is 1. The molecule has 0 aromatic rings. The van der Waals surface area contributed by atoms with Crippen LogP contribution in [0.4, 0.5) is 0 Å². The first-order valence-corrected chi connectivity index (χ1v) is 8.06. The molecule has 0 heterocycles. The summed E-state index contributed by atoms with van der Waals surface area (Å²) in [4.78, 5) is 11.8. The molecule has 0 radical (unpaired) electrons. The highest BCUT2D eigenvalue weighted by molar-refractivity contribution is 5.76. The highest BCUT2D eigenvalue weighted by Crippen LogP contribution is 2.17. The topological polar surface area (TPSA) is 29.1 Å². The number of carbonyl (C=O) groups is 1. The van der Waals surface area contributed by atoms with Crippen LogP contribution in [0.25, 0.3) is 0 Å². The average Bonchev–Trinajstić information content (AvgIpc) is 2.43. The average molecular weight is 263 g/mol. The molecule has 0 bridgehead atoms. The Morgan fingerprint density at radius 1 is 1.00 bits per heavy atom. The van der Waals surface area contributed by atoms with Gasteiger partial charge in [0.05, 0.1) is 0 Å². The van der Waals surface area contributed by atoms with Gasteiger partial charge in [-0.2, -0.15) is 0 Å². The quantitative estimate of drug-likeness (QED) is 0.490. The van der Waals surface area contributed by atoms with Gasteiger partial charge in [-0.1, -0.05) is 44.9 Å². The van der Waals surface area contributed by atoms with E-state index in [4.69, 9.17) is 6.42 Å². The number of terminal acetylenes is 1. The number of rotatable bonds is 9. The first-order valence-electron chi connectivity index (χ1n) is 8.06. The van der Waals surface area contributed by atoms with Gasteiger partial charge in [-0.15, -0.1) is 12.3 Å². The monoisotopic (exact) mass is 263 g/mol. The molecule has 1 amide bonds. The molecule has 1 aliphatic carbocycles. The van der Waals surface area contributed by atoms with Crippen LogP contribution in [0.5, 0.6) is 0 Å². The zero-order valence-corrected chi connectivity index (χ0v) is 12.3. The number of amides is 1. The Bertz CT molecular complexity index is 273. The second-order valence-electron chi connectivity index (χ2n) is 5.73. The summed E-state index contributed by atoms with van der Waals surface area (Å²) in [5.74, 6) is 2.93. The number of carbonyl (C=O) groups excluding carboxylic acids is 1. The van der Waals surface area contributed by atoms with Crippen molar-refractivity contribution in [1.82, 2.24) is 5.32 Å². The number of hydrogen-bond acceptors (Lipinski definition) is 1. The van der Waals surface area contributed by atoms with E-state index in [9.17, 15) is 4.79 Å². The van der Waals surface area contributed by atoms with Crippen LogP contribution in [0.15, 0.2) is 0 Å². The van der Waals surface area contributed by atoms with Crippen LogP contribution in [-0.2, 0) is 4.79 Å². The molecule has 1 saturated carbocycles. The van der Waals surface area contributed by atoms with Crippen LogP contribution < -0.4 is 5.32 Å². The van der Waals surface area contributed by atoms with E-state index in [1.165, 1.54) is 57.8 Å². The third-order valence-corrected chi connectivity index (χ3v) is 3.95. The molecule has 0 atom stereocenters. The SMILES string of the molecule is C#CCCCCCCCCC(=O)NC1CCCCC1. The fourth-order valence-corrected chi connectivity index (χ4v) is 2.77. The molecule has 0 unspecified atom stereocenters. The standard InChI is InChI=1S/C17H29NO/c1-2-3-4-5-6-7-8-12-15-17(19)18-16-13-10-9-11-14-16/h1,16H,3-15H2,(H,18,19). The number of unbranched alkanes of at least 4 members (excludes halogenated alkanes) is 6.